The van der Waals surface area contributed by atoms with Crippen LogP contribution in [0.15, 0.2) is 28.5 Å². The van der Waals surface area contributed by atoms with Crippen molar-refractivity contribution in [2.24, 2.45) is 10.8 Å². The van der Waals surface area contributed by atoms with Gasteiger partial charge < -0.3 is 5.43 Å². The van der Waals surface area contributed by atoms with Crippen LogP contribution in [0.2, 0.25) is 0 Å². The summed E-state index contributed by atoms with van der Waals surface area (Å²) in [5, 5.41) is 0. The molecule has 0 spiro atoms. The molecule has 0 aliphatic rings. The lowest BCUT2D eigenvalue weighted by Crippen LogP contribution is -2.18. The molecule has 0 atom stereocenters. The highest BCUT2D eigenvalue weighted by atomic mass is 79.9. The Balaban J connectivity index is 3.71. The Labute approximate surface area is 62.4 Å². The van der Waals surface area contributed by atoms with Gasteiger partial charge in [0.25, 0.3) is 0 Å². The number of allylic oxidation sites excluding steroid dienone is 1. The summed E-state index contributed by atoms with van der Waals surface area (Å²) in [4.78, 5) is 3.74. The van der Waals surface area contributed by atoms with Crippen molar-refractivity contribution >= 4 is 22.1 Å². The number of hydrogen-bond donors (Lipinski definition) is 2. The first-order chi connectivity index (χ1) is 4.16. The van der Waals surface area contributed by atoms with Crippen LogP contribution in [0.25, 0.3) is 0 Å². The number of aliphatic imine (C=N–C) groups is 1. The topological polar surface area (TPSA) is 50.4 Å². The molecule has 0 rings (SSSR count). The average molecular weight is 190 g/mol. The van der Waals surface area contributed by atoms with Gasteiger partial charge in [-0.15, -0.1) is 0 Å². The molecule has 3 nitrogen and oxygen atoms in total. The molecule has 0 amide bonds. The summed E-state index contributed by atoms with van der Waals surface area (Å²) < 4.78 is 0.680. The van der Waals surface area contributed by atoms with Crippen molar-refractivity contribution in [3.05, 3.63) is 23.5 Å². The van der Waals surface area contributed by atoms with Crippen LogP contribution in [0.4, 0.5) is 0 Å². The minimum atomic E-state index is 0.399. The molecule has 0 aromatic rings. The molecule has 50 valence electrons. The van der Waals surface area contributed by atoms with Crippen LogP contribution in [0.3, 0.4) is 0 Å². The highest BCUT2D eigenvalue weighted by molar-refractivity contribution is 9.12. The Morgan fingerprint density at radius 1 is 1.67 bits per heavy atom. The van der Waals surface area contributed by atoms with E-state index in [1.165, 1.54) is 6.21 Å². The monoisotopic (exact) mass is 189 g/mol. The van der Waals surface area contributed by atoms with Gasteiger partial charge >= 0.3 is 0 Å². The summed E-state index contributed by atoms with van der Waals surface area (Å²) in [5.74, 6) is 5.35. The predicted octanol–water partition coefficient (Wildman–Crippen LogP) is 0.900. The maximum absolute atomic E-state index is 4.95. The molecular weight excluding hydrogens is 182 g/mol. The summed E-state index contributed by atoms with van der Waals surface area (Å²) in [6.07, 6.45) is 1.50. The summed E-state index contributed by atoms with van der Waals surface area (Å²) in [6.45, 7) is 6.97. The van der Waals surface area contributed by atoms with Crippen LogP contribution >= 0.6 is 15.9 Å². The van der Waals surface area contributed by atoms with Gasteiger partial charge in [-0.1, -0.05) is 13.2 Å². The van der Waals surface area contributed by atoms with E-state index in [1.54, 1.807) is 0 Å². The van der Waals surface area contributed by atoms with Crippen molar-refractivity contribution < 1.29 is 0 Å². The molecule has 4 heteroatoms. The lowest BCUT2D eigenvalue weighted by Gasteiger charge is -1.92. The molecule has 0 saturated carbocycles. The summed E-state index contributed by atoms with van der Waals surface area (Å²) >= 11 is 3.08. The van der Waals surface area contributed by atoms with E-state index in [0.29, 0.717) is 10.3 Å². The van der Waals surface area contributed by atoms with Crippen molar-refractivity contribution in [1.29, 1.82) is 0 Å². The van der Waals surface area contributed by atoms with Crippen LogP contribution in [0.1, 0.15) is 0 Å². The number of nitrogens with one attached hydrogen (secondary N) is 1. The number of nitrogens with two attached hydrogens (primary N) is 1. The van der Waals surface area contributed by atoms with Crippen LogP contribution in [0.5, 0.6) is 0 Å². The fraction of sp³-hybridized carbons (Fsp3) is 0. The maximum atomic E-state index is 4.95. The van der Waals surface area contributed by atoms with Crippen molar-refractivity contribution in [2.75, 3.05) is 0 Å². The van der Waals surface area contributed by atoms with Gasteiger partial charge in [-0.05, 0) is 15.9 Å². The third-order valence-electron chi connectivity index (χ3n) is 0.527. The van der Waals surface area contributed by atoms with E-state index < -0.39 is 0 Å². The Morgan fingerprint density at radius 2 is 2.22 bits per heavy atom. The minimum absolute atomic E-state index is 0.399. The number of hydrazine groups is 1. The van der Waals surface area contributed by atoms with Crippen LogP contribution < -0.4 is 11.3 Å². The van der Waals surface area contributed by atoms with Crippen LogP contribution in [-0.4, -0.2) is 6.21 Å². The second-order valence-corrected chi connectivity index (χ2v) is 2.31. The van der Waals surface area contributed by atoms with Gasteiger partial charge in [-0.3, -0.25) is 0 Å². The van der Waals surface area contributed by atoms with Crippen molar-refractivity contribution in [1.82, 2.24) is 5.43 Å². The summed E-state index contributed by atoms with van der Waals surface area (Å²) in [5.41, 5.74) is 2.27. The zero-order valence-electron chi connectivity index (χ0n) is 4.89. The molecule has 0 aromatic heterocycles. The fourth-order valence-corrected chi connectivity index (χ4v) is 0.288. The van der Waals surface area contributed by atoms with E-state index in [4.69, 9.17) is 5.84 Å². The number of hydrogen-bond acceptors (Lipinski definition) is 3. The SMILES string of the molecule is C=C(Br)/C=N\C(=C)NN. The van der Waals surface area contributed by atoms with Gasteiger partial charge in [0.15, 0.2) is 0 Å². The maximum Gasteiger partial charge on any atom is 0.132 e. The largest absolute Gasteiger partial charge is 0.309 e. The average Bonchev–Trinajstić information content (AvgIpc) is 1.83. The molecular formula is C5H8BrN3. The molecule has 0 aromatic carbocycles. The Bertz CT molecular complexity index is 150. The second kappa shape index (κ2) is 4.29. The van der Waals surface area contributed by atoms with E-state index >= 15 is 0 Å². The summed E-state index contributed by atoms with van der Waals surface area (Å²) in [7, 11) is 0. The molecule has 0 radical (unpaired) electrons. The van der Waals surface area contributed by atoms with E-state index in [0.717, 1.165) is 0 Å². The van der Waals surface area contributed by atoms with Crippen molar-refractivity contribution in [3.63, 3.8) is 0 Å². The summed E-state index contributed by atoms with van der Waals surface area (Å²) in [6, 6.07) is 0. The third-order valence-corrected chi connectivity index (χ3v) is 0.732. The molecule has 3 N–H and O–H groups in total. The number of nitrogens with zero attached hydrogens (tertiary/aromatic N) is 1. The van der Waals surface area contributed by atoms with E-state index in [9.17, 15) is 0 Å². The van der Waals surface area contributed by atoms with Gasteiger partial charge in [0.2, 0.25) is 0 Å². The van der Waals surface area contributed by atoms with Gasteiger partial charge in [0, 0.05) is 10.7 Å². The Morgan fingerprint density at radius 3 is 2.56 bits per heavy atom. The highest BCUT2D eigenvalue weighted by Gasteiger charge is 1.79. The highest BCUT2D eigenvalue weighted by Crippen LogP contribution is 1.95. The zero-order valence-corrected chi connectivity index (χ0v) is 6.48. The number of rotatable bonds is 3. The molecule has 0 fully saturated rings. The molecule has 0 aliphatic heterocycles. The minimum Gasteiger partial charge on any atom is -0.309 e. The predicted molar refractivity (Wildman–Crippen MR) is 43.0 cm³/mol. The first-order valence-corrected chi connectivity index (χ1v) is 3.00. The molecule has 0 aliphatic carbocycles. The lowest BCUT2D eigenvalue weighted by atomic mass is 10.7. The Hall–Kier alpha value is -0.610. The number of halogens is 1. The van der Waals surface area contributed by atoms with Gasteiger partial charge in [0.1, 0.15) is 5.82 Å². The molecule has 0 heterocycles. The molecule has 0 saturated heterocycles. The zero-order chi connectivity index (χ0) is 7.28. The normalized spacial score (nSPS) is 9.56. The smallest absolute Gasteiger partial charge is 0.132 e. The van der Waals surface area contributed by atoms with Gasteiger partial charge in [-0.25, -0.2) is 10.8 Å². The standard InChI is InChI=1S/C5H8BrN3/c1-4(6)3-8-5(2)9-7/h3,9H,1-2,7H2/b8-3-. The van der Waals surface area contributed by atoms with Crippen LogP contribution in [-0.2, 0) is 0 Å². The van der Waals surface area contributed by atoms with Crippen LogP contribution in [0, 0.1) is 0 Å². The van der Waals surface area contributed by atoms with E-state index in [1.807, 2.05) is 0 Å². The molecule has 0 bridgehead atoms. The molecule has 0 unspecified atom stereocenters. The van der Waals surface area contributed by atoms with Gasteiger partial charge in [-0.2, -0.15) is 0 Å². The first kappa shape index (κ1) is 8.39. The van der Waals surface area contributed by atoms with Crippen molar-refractivity contribution in [2.45, 2.75) is 0 Å². The second-order valence-electron chi connectivity index (χ2n) is 1.30. The van der Waals surface area contributed by atoms with E-state index in [2.05, 4.69) is 39.5 Å². The Kier molecular flexibility index (Phi) is 4.00. The third kappa shape index (κ3) is 5.26. The first-order valence-electron chi connectivity index (χ1n) is 2.21. The lowest BCUT2D eigenvalue weighted by molar-refractivity contribution is 0.877. The quantitative estimate of drug-likeness (QED) is 0.394. The van der Waals surface area contributed by atoms with Crippen molar-refractivity contribution in [3.8, 4) is 0 Å². The molecule has 9 heavy (non-hydrogen) atoms. The van der Waals surface area contributed by atoms with E-state index in [-0.39, 0.29) is 0 Å². The van der Waals surface area contributed by atoms with Gasteiger partial charge in [0.05, 0.1) is 0 Å². The fourth-order valence-electron chi connectivity index (χ4n) is 0.185.